The van der Waals surface area contributed by atoms with Crippen LogP contribution < -0.4 is 11.1 Å². The molecule has 2 heterocycles. The topological polar surface area (TPSA) is 72.9 Å². The van der Waals surface area contributed by atoms with Crippen LogP contribution >= 0.6 is 0 Å². The van der Waals surface area contributed by atoms with E-state index >= 15 is 0 Å². The van der Waals surface area contributed by atoms with E-state index in [0.29, 0.717) is 0 Å². The van der Waals surface area contributed by atoms with Gasteiger partial charge in [0.2, 0.25) is 5.91 Å². The molecule has 1 aliphatic rings. The molecule has 1 amide bonds. The average Bonchev–Trinajstić information content (AvgIpc) is 2.71. The predicted octanol–water partition coefficient (Wildman–Crippen LogP) is 0.959. The zero-order valence-corrected chi connectivity index (χ0v) is 12.2. The lowest BCUT2D eigenvalue weighted by molar-refractivity contribution is -0.122. The number of rotatable bonds is 2. The van der Waals surface area contributed by atoms with Crippen molar-refractivity contribution < 1.29 is 4.79 Å². The highest BCUT2D eigenvalue weighted by Crippen LogP contribution is 2.24. The normalized spacial score (nSPS) is 20.8. The number of nitrogens with two attached hydrogens (primary N) is 1. The molecule has 1 unspecified atom stereocenters. The molecule has 0 bridgehead atoms. The van der Waals surface area contributed by atoms with Gasteiger partial charge < -0.3 is 15.6 Å². The lowest BCUT2D eigenvalue weighted by Crippen LogP contribution is -2.47. The fraction of sp³-hybridized carbons (Fsp3) is 0.714. The standard InChI is InChI=1S/C14H24N4O/c1-9(15)13(19)16-10-5-6-12-17-11(14(2,3)4)8-18(12)7-10/h8-10H,5-7,15H2,1-4H3,(H,16,19)/t9-,10?/m1/s1. The first-order valence-electron chi connectivity index (χ1n) is 6.90. The highest BCUT2D eigenvalue weighted by atomic mass is 16.2. The number of nitrogens with zero attached hydrogens (tertiary/aromatic N) is 2. The molecule has 19 heavy (non-hydrogen) atoms. The number of imidazole rings is 1. The molecule has 0 spiro atoms. The number of carbonyl (C=O) groups is 1. The Balaban J connectivity index is 2.08. The molecule has 2 rings (SSSR count). The zero-order valence-electron chi connectivity index (χ0n) is 12.2. The van der Waals surface area contributed by atoms with Crippen LogP contribution in [0, 0.1) is 0 Å². The third-order valence-electron chi connectivity index (χ3n) is 3.52. The number of aryl methyl sites for hydroxylation is 1. The Morgan fingerprint density at radius 2 is 2.26 bits per heavy atom. The van der Waals surface area contributed by atoms with E-state index < -0.39 is 6.04 Å². The zero-order chi connectivity index (χ0) is 14.2. The minimum absolute atomic E-state index is 0.0643. The summed E-state index contributed by atoms with van der Waals surface area (Å²) < 4.78 is 2.16. The van der Waals surface area contributed by atoms with Crippen LogP contribution in [-0.2, 0) is 23.2 Å². The number of hydrogen-bond donors (Lipinski definition) is 2. The second kappa shape index (κ2) is 4.96. The molecule has 5 nitrogen and oxygen atoms in total. The maximum absolute atomic E-state index is 11.6. The van der Waals surface area contributed by atoms with E-state index in [1.54, 1.807) is 6.92 Å². The molecule has 0 radical (unpaired) electrons. The fourth-order valence-corrected chi connectivity index (χ4v) is 2.26. The highest BCUT2D eigenvalue weighted by molar-refractivity contribution is 5.81. The monoisotopic (exact) mass is 264 g/mol. The van der Waals surface area contributed by atoms with Crippen molar-refractivity contribution >= 4 is 5.91 Å². The lowest BCUT2D eigenvalue weighted by Gasteiger charge is -2.25. The van der Waals surface area contributed by atoms with Gasteiger partial charge in [0, 0.05) is 30.6 Å². The van der Waals surface area contributed by atoms with E-state index in [4.69, 9.17) is 10.7 Å². The van der Waals surface area contributed by atoms with Crippen LogP contribution in [0.15, 0.2) is 6.20 Å². The number of aromatic nitrogens is 2. The minimum atomic E-state index is -0.450. The molecule has 0 fully saturated rings. The van der Waals surface area contributed by atoms with Crippen LogP contribution in [0.4, 0.5) is 0 Å². The van der Waals surface area contributed by atoms with E-state index in [0.717, 1.165) is 30.9 Å². The van der Waals surface area contributed by atoms with Crippen LogP contribution in [0.25, 0.3) is 0 Å². The lowest BCUT2D eigenvalue weighted by atomic mass is 9.93. The van der Waals surface area contributed by atoms with Crippen molar-refractivity contribution in [1.82, 2.24) is 14.9 Å². The maximum atomic E-state index is 11.6. The molecule has 1 aliphatic heterocycles. The molecule has 1 aromatic heterocycles. The van der Waals surface area contributed by atoms with Gasteiger partial charge in [0.25, 0.3) is 0 Å². The summed E-state index contributed by atoms with van der Waals surface area (Å²) in [6.45, 7) is 8.99. The molecule has 0 aromatic carbocycles. The maximum Gasteiger partial charge on any atom is 0.236 e. The molecule has 3 N–H and O–H groups in total. The summed E-state index contributed by atoms with van der Waals surface area (Å²) in [5.41, 5.74) is 6.75. The number of carbonyl (C=O) groups excluding carboxylic acids is 1. The first kappa shape index (κ1) is 14.1. The fourth-order valence-electron chi connectivity index (χ4n) is 2.26. The van der Waals surface area contributed by atoms with Crippen molar-refractivity contribution in [3.8, 4) is 0 Å². The minimum Gasteiger partial charge on any atom is -0.350 e. The van der Waals surface area contributed by atoms with Crippen molar-refractivity contribution in [2.45, 2.75) is 64.6 Å². The van der Waals surface area contributed by atoms with Gasteiger partial charge in [-0.05, 0) is 13.3 Å². The number of amides is 1. The number of fused-ring (bicyclic) bond motifs is 1. The summed E-state index contributed by atoms with van der Waals surface area (Å²) in [6.07, 6.45) is 3.94. The smallest absolute Gasteiger partial charge is 0.236 e. The SMILES string of the molecule is C[C@@H](N)C(=O)NC1CCc2nc(C(C)(C)C)cn2C1. The van der Waals surface area contributed by atoms with Gasteiger partial charge in [-0.25, -0.2) is 4.98 Å². The third kappa shape index (κ3) is 3.15. The first-order chi connectivity index (χ1) is 8.77. The molecule has 106 valence electrons. The molecular weight excluding hydrogens is 240 g/mol. The second-order valence-electron chi connectivity index (χ2n) is 6.48. The van der Waals surface area contributed by atoms with Gasteiger partial charge in [-0.1, -0.05) is 20.8 Å². The van der Waals surface area contributed by atoms with Gasteiger partial charge in [0.05, 0.1) is 11.7 Å². The van der Waals surface area contributed by atoms with E-state index in [1.807, 2.05) is 0 Å². The predicted molar refractivity (Wildman–Crippen MR) is 74.8 cm³/mol. The molecule has 5 heteroatoms. The van der Waals surface area contributed by atoms with Crippen LogP contribution in [-0.4, -0.2) is 27.5 Å². The van der Waals surface area contributed by atoms with E-state index in [-0.39, 0.29) is 17.4 Å². The Bertz CT molecular complexity index is 470. The Hall–Kier alpha value is -1.36. The van der Waals surface area contributed by atoms with Crippen LogP contribution in [0.5, 0.6) is 0 Å². The molecule has 0 saturated carbocycles. The average molecular weight is 264 g/mol. The van der Waals surface area contributed by atoms with Gasteiger partial charge in [-0.15, -0.1) is 0 Å². The summed E-state index contributed by atoms with van der Waals surface area (Å²) in [5.74, 6) is 1.04. The largest absolute Gasteiger partial charge is 0.350 e. The van der Waals surface area contributed by atoms with Crippen LogP contribution in [0.1, 0.15) is 45.6 Å². The van der Waals surface area contributed by atoms with Gasteiger partial charge in [-0.2, -0.15) is 0 Å². The summed E-state index contributed by atoms with van der Waals surface area (Å²) >= 11 is 0. The van der Waals surface area contributed by atoms with E-state index in [1.165, 1.54) is 0 Å². The number of hydrogen-bond acceptors (Lipinski definition) is 3. The van der Waals surface area contributed by atoms with Crippen LogP contribution in [0.3, 0.4) is 0 Å². The summed E-state index contributed by atoms with van der Waals surface area (Å²) in [7, 11) is 0. The molecule has 1 aromatic rings. The van der Waals surface area contributed by atoms with Gasteiger partial charge in [0.15, 0.2) is 0 Å². The second-order valence-corrected chi connectivity index (χ2v) is 6.48. The Labute approximate surface area is 114 Å². The van der Waals surface area contributed by atoms with Crippen LogP contribution in [0.2, 0.25) is 0 Å². The van der Waals surface area contributed by atoms with E-state index in [2.05, 4.69) is 36.9 Å². The van der Waals surface area contributed by atoms with Crippen molar-refractivity contribution in [3.05, 3.63) is 17.7 Å². The van der Waals surface area contributed by atoms with E-state index in [9.17, 15) is 4.79 Å². The van der Waals surface area contributed by atoms with Gasteiger partial charge in [0.1, 0.15) is 5.82 Å². The summed E-state index contributed by atoms with van der Waals surface area (Å²) in [6, 6.07) is -0.290. The van der Waals surface area contributed by atoms with Gasteiger partial charge >= 0.3 is 0 Å². The Morgan fingerprint density at radius 3 is 2.84 bits per heavy atom. The van der Waals surface area contributed by atoms with Crippen molar-refractivity contribution in [2.75, 3.05) is 0 Å². The van der Waals surface area contributed by atoms with Crippen molar-refractivity contribution in [3.63, 3.8) is 0 Å². The number of nitrogens with one attached hydrogen (secondary N) is 1. The third-order valence-corrected chi connectivity index (χ3v) is 3.52. The van der Waals surface area contributed by atoms with Gasteiger partial charge in [-0.3, -0.25) is 4.79 Å². The highest BCUT2D eigenvalue weighted by Gasteiger charge is 2.25. The Kier molecular flexibility index (Phi) is 3.67. The molecule has 2 atom stereocenters. The summed E-state index contributed by atoms with van der Waals surface area (Å²) in [4.78, 5) is 16.3. The quantitative estimate of drug-likeness (QED) is 0.835. The Morgan fingerprint density at radius 1 is 1.58 bits per heavy atom. The summed E-state index contributed by atoms with van der Waals surface area (Å²) in [5, 5.41) is 2.99. The molecule has 0 saturated heterocycles. The molecular formula is C14H24N4O. The first-order valence-corrected chi connectivity index (χ1v) is 6.90. The molecule has 0 aliphatic carbocycles. The van der Waals surface area contributed by atoms with Crippen molar-refractivity contribution in [2.24, 2.45) is 5.73 Å². The van der Waals surface area contributed by atoms with Crippen molar-refractivity contribution in [1.29, 1.82) is 0 Å².